The van der Waals surface area contributed by atoms with Gasteiger partial charge in [-0.05, 0) is 37.7 Å². The highest BCUT2D eigenvalue weighted by atomic mass is 35.5. The van der Waals surface area contributed by atoms with Crippen LogP contribution in [0.3, 0.4) is 0 Å². The molecule has 0 bridgehead atoms. The molecular weight excluding hydrogens is 286 g/mol. The second-order valence-electron chi connectivity index (χ2n) is 4.90. The third-order valence-corrected chi connectivity index (χ3v) is 3.63. The molecule has 0 aromatic heterocycles. The van der Waals surface area contributed by atoms with Crippen molar-refractivity contribution in [3.05, 3.63) is 28.8 Å². The van der Waals surface area contributed by atoms with Gasteiger partial charge in [0.2, 0.25) is 0 Å². The van der Waals surface area contributed by atoms with Crippen LogP contribution in [0.15, 0.2) is 18.2 Å². The fourth-order valence-electron chi connectivity index (χ4n) is 2.08. The molecule has 1 aromatic rings. The molecule has 21 heavy (non-hydrogen) atoms. The van der Waals surface area contributed by atoms with E-state index in [0.29, 0.717) is 17.1 Å². The number of rotatable bonds is 9. The molecule has 2 N–H and O–H groups in total. The molecule has 0 aliphatic rings. The number of hydrogen-bond acceptors (Lipinski definition) is 3. The lowest BCUT2D eigenvalue weighted by Gasteiger charge is -2.18. The molecule has 0 saturated heterocycles. The van der Waals surface area contributed by atoms with Crippen molar-refractivity contribution in [2.75, 3.05) is 38.0 Å². The molecule has 1 aromatic carbocycles. The maximum Gasteiger partial charge on any atom is 0.253 e. The van der Waals surface area contributed by atoms with Gasteiger partial charge in [-0.2, -0.15) is 0 Å². The Labute approximate surface area is 132 Å². The first-order valence-corrected chi connectivity index (χ1v) is 8.04. The van der Waals surface area contributed by atoms with Gasteiger partial charge in [0, 0.05) is 30.3 Å². The Morgan fingerprint density at radius 1 is 1.19 bits per heavy atom. The van der Waals surface area contributed by atoms with E-state index >= 15 is 0 Å². The zero-order chi connectivity index (χ0) is 15.7. The average molecular weight is 312 g/mol. The number of amides is 1. The fourth-order valence-corrected chi connectivity index (χ4v) is 2.25. The van der Waals surface area contributed by atoms with E-state index < -0.39 is 0 Å². The number of nitrogens with zero attached hydrogens (tertiary/aromatic N) is 1. The number of likely N-dealkylation sites (N-methyl/N-ethyl adjacent to an activating group) is 1. The molecule has 0 atom stereocenters. The average Bonchev–Trinajstić information content (AvgIpc) is 2.50. The number of benzene rings is 1. The number of hydrogen-bond donors (Lipinski definition) is 2. The van der Waals surface area contributed by atoms with Crippen LogP contribution in [0, 0.1) is 0 Å². The molecule has 0 spiro atoms. The van der Waals surface area contributed by atoms with E-state index in [0.717, 1.165) is 38.3 Å². The van der Waals surface area contributed by atoms with E-state index in [4.69, 9.17) is 11.6 Å². The van der Waals surface area contributed by atoms with Crippen LogP contribution < -0.4 is 10.6 Å². The smallest absolute Gasteiger partial charge is 0.253 e. The van der Waals surface area contributed by atoms with Crippen LogP contribution in [-0.4, -0.2) is 43.5 Å². The zero-order valence-electron chi connectivity index (χ0n) is 13.2. The van der Waals surface area contributed by atoms with Gasteiger partial charge < -0.3 is 15.5 Å². The van der Waals surface area contributed by atoms with Crippen molar-refractivity contribution in [2.24, 2.45) is 0 Å². The minimum absolute atomic E-state index is 0.0803. The predicted octanol–water partition coefficient (Wildman–Crippen LogP) is 3.23. The normalized spacial score (nSPS) is 10.7. The first-order chi connectivity index (χ1) is 10.1. The summed E-state index contributed by atoms with van der Waals surface area (Å²) < 4.78 is 0. The van der Waals surface area contributed by atoms with Gasteiger partial charge in [-0.3, -0.25) is 4.79 Å². The molecular formula is C16H26ClN3O. The van der Waals surface area contributed by atoms with Crippen LogP contribution in [-0.2, 0) is 0 Å². The summed E-state index contributed by atoms with van der Waals surface area (Å²) in [5, 5.41) is 6.80. The van der Waals surface area contributed by atoms with Gasteiger partial charge in [-0.15, -0.1) is 0 Å². The second-order valence-corrected chi connectivity index (χ2v) is 5.34. The number of halogens is 1. The summed E-state index contributed by atoms with van der Waals surface area (Å²) in [6.45, 7) is 10.6. The maximum atomic E-state index is 12.3. The summed E-state index contributed by atoms with van der Waals surface area (Å²) in [7, 11) is 0. The maximum absolute atomic E-state index is 12.3. The highest BCUT2D eigenvalue weighted by Gasteiger charge is 2.12. The SMILES string of the molecule is CCCNc1ccc(Cl)cc1C(=O)NCCN(CC)CC. The minimum atomic E-state index is -0.0803. The fraction of sp³-hybridized carbons (Fsp3) is 0.562. The Bertz CT molecular complexity index is 447. The summed E-state index contributed by atoms with van der Waals surface area (Å²) in [6, 6.07) is 5.37. The number of carbonyl (C=O) groups excluding carboxylic acids is 1. The van der Waals surface area contributed by atoms with Crippen molar-refractivity contribution in [1.29, 1.82) is 0 Å². The summed E-state index contributed by atoms with van der Waals surface area (Å²) in [5.74, 6) is -0.0803. The molecule has 0 saturated carbocycles. The monoisotopic (exact) mass is 311 g/mol. The molecule has 1 amide bonds. The lowest BCUT2D eigenvalue weighted by atomic mass is 10.1. The first-order valence-electron chi connectivity index (χ1n) is 7.66. The standard InChI is InChI=1S/C16H26ClN3O/c1-4-9-18-15-8-7-13(17)12-14(15)16(21)19-10-11-20(5-2)6-3/h7-8,12,18H,4-6,9-11H2,1-3H3,(H,19,21). The van der Waals surface area contributed by atoms with E-state index in [1.807, 2.05) is 6.07 Å². The van der Waals surface area contributed by atoms with Gasteiger partial charge in [0.15, 0.2) is 0 Å². The quantitative estimate of drug-likeness (QED) is 0.736. The summed E-state index contributed by atoms with van der Waals surface area (Å²) in [6.07, 6.45) is 1.01. The Balaban J connectivity index is 2.65. The van der Waals surface area contributed by atoms with Gasteiger partial charge >= 0.3 is 0 Å². The van der Waals surface area contributed by atoms with E-state index in [1.54, 1.807) is 12.1 Å². The lowest BCUT2D eigenvalue weighted by molar-refractivity contribution is 0.0949. The van der Waals surface area contributed by atoms with Crippen molar-refractivity contribution in [2.45, 2.75) is 27.2 Å². The molecule has 0 heterocycles. The van der Waals surface area contributed by atoms with Gasteiger partial charge in [-0.25, -0.2) is 0 Å². The number of carbonyl (C=O) groups is 1. The zero-order valence-corrected chi connectivity index (χ0v) is 14.0. The molecule has 0 unspecified atom stereocenters. The van der Waals surface area contributed by atoms with Crippen LogP contribution in [0.4, 0.5) is 5.69 Å². The summed E-state index contributed by atoms with van der Waals surface area (Å²) in [5.41, 5.74) is 1.44. The topological polar surface area (TPSA) is 44.4 Å². The largest absolute Gasteiger partial charge is 0.384 e. The van der Waals surface area contributed by atoms with Crippen LogP contribution in [0.2, 0.25) is 5.02 Å². The van der Waals surface area contributed by atoms with Crippen LogP contribution >= 0.6 is 11.6 Å². The van der Waals surface area contributed by atoms with Crippen LogP contribution in [0.5, 0.6) is 0 Å². The molecule has 0 fully saturated rings. The highest BCUT2D eigenvalue weighted by molar-refractivity contribution is 6.31. The van der Waals surface area contributed by atoms with Crippen molar-refractivity contribution in [3.63, 3.8) is 0 Å². The first kappa shape index (κ1) is 17.8. The molecule has 0 radical (unpaired) electrons. The van der Waals surface area contributed by atoms with Crippen molar-refractivity contribution in [1.82, 2.24) is 10.2 Å². The van der Waals surface area contributed by atoms with Gasteiger partial charge in [-0.1, -0.05) is 32.4 Å². The summed E-state index contributed by atoms with van der Waals surface area (Å²) >= 11 is 6.01. The predicted molar refractivity (Wildman–Crippen MR) is 90.4 cm³/mol. The van der Waals surface area contributed by atoms with Crippen molar-refractivity contribution in [3.8, 4) is 0 Å². The van der Waals surface area contributed by atoms with E-state index in [9.17, 15) is 4.79 Å². The summed E-state index contributed by atoms with van der Waals surface area (Å²) in [4.78, 5) is 14.6. The van der Waals surface area contributed by atoms with Gasteiger partial charge in [0.1, 0.15) is 0 Å². The third-order valence-electron chi connectivity index (χ3n) is 3.40. The Hall–Kier alpha value is -1.26. The Kier molecular flexibility index (Phi) is 8.16. The van der Waals surface area contributed by atoms with Crippen molar-refractivity contribution >= 4 is 23.2 Å². The molecule has 5 heteroatoms. The molecule has 118 valence electrons. The molecule has 0 aliphatic carbocycles. The van der Waals surface area contributed by atoms with E-state index in [2.05, 4.69) is 36.3 Å². The molecule has 1 rings (SSSR count). The minimum Gasteiger partial charge on any atom is -0.384 e. The van der Waals surface area contributed by atoms with E-state index in [-0.39, 0.29) is 5.91 Å². The van der Waals surface area contributed by atoms with Gasteiger partial charge in [0.25, 0.3) is 5.91 Å². The number of anilines is 1. The lowest BCUT2D eigenvalue weighted by Crippen LogP contribution is -2.35. The number of nitrogens with one attached hydrogen (secondary N) is 2. The van der Waals surface area contributed by atoms with Crippen LogP contribution in [0.25, 0.3) is 0 Å². The van der Waals surface area contributed by atoms with Crippen LogP contribution in [0.1, 0.15) is 37.6 Å². The van der Waals surface area contributed by atoms with E-state index in [1.165, 1.54) is 0 Å². The molecule has 4 nitrogen and oxygen atoms in total. The Morgan fingerprint density at radius 2 is 1.90 bits per heavy atom. The molecule has 0 aliphatic heterocycles. The third kappa shape index (κ3) is 5.94. The second kappa shape index (κ2) is 9.64. The highest BCUT2D eigenvalue weighted by Crippen LogP contribution is 2.20. The Morgan fingerprint density at radius 3 is 2.52 bits per heavy atom. The van der Waals surface area contributed by atoms with Crippen molar-refractivity contribution < 1.29 is 4.79 Å². The van der Waals surface area contributed by atoms with Gasteiger partial charge in [0.05, 0.1) is 5.56 Å².